The Morgan fingerprint density at radius 1 is 0.714 bits per heavy atom. The molecule has 0 radical (unpaired) electrons. The smallest absolute Gasteiger partial charge is 0.0875 e. The first kappa shape index (κ1) is 18.2. The predicted octanol–water partition coefficient (Wildman–Crippen LogP) is 5.52. The lowest BCUT2D eigenvalue weighted by Gasteiger charge is -2.34. The minimum Gasteiger partial charge on any atom is -0.328 e. The maximum atomic E-state index is 4.37. The molecule has 4 nitrogen and oxygen atoms in total. The topological polar surface area (TPSA) is 41.9 Å². The van der Waals surface area contributed by atoms with E-state index in [9.17, 15) is 0 Å². The predicted molar refractivity (Wildman–Crippen MR) is 115 cm³/mol. The minimum absolute atomic E-state index is 0.0799. The van der Waals surface area contributed by atoms with Crippen molar-refractivity contribution < 1.29 is 0 Å². The molecule has 0 bridgehead atoms. The summed E-state index contributed by atoms with van der Waals surface area (Å²) in [5.74, 6) is 0. The van der Waals surface area contributed by atoms with Gasteiger partial charge in [-0.2, -0.15) is 0 Å². The van der Waals surface area contributed by atoms with Gasteiger partial charge in [0.25, 0.3) is 0 Å². The normalized spacial score (nSPS) is 10.8. The van der Waals surface area contributed by atoms with Crippen LogP contribution in [0.1, 0.15) is 17.2 Å². The van der Waals surface area contributed by atoms with Gasteiger partial charge in [-0.1, -0.05) is 18.2 Å². The Bertz CT molecular complexity index is 971. The molecule has 0 aliphatic rings. The van der Waals surface area contributed by atoms with Crippen molar-refractivity contribution in [3.05, 3.63) is 109 Å². The van der Waals surface area contributed by atoms with E-state index in [0.717, 1.165) is 22.5 Å². The number of aromatic nitrogens is 3. The number of rotatable bonds is 6. The Hall–Kier alpha value is -3.18. The maximum absolute atomic E-state index is 4.37. The van der Waals surface area contributed by atoms with Gasteiger partial charge < -0.3 is 4.90 Å². The van der Waals surface area contributed by atoms with Crippen LogP contribution in [-0.4, -0.2) is 21.2 Å². The zero-order chi connectivity index (χ0) is 19.2. The van der Waals surface area contributed by atoms with E-state index in [4.69, 9.17) is 0 Å². The molecule has 0 N–H and O–H groups in total. The Morgan fingerprint density at radius 3 is 1.86 bits per heavy atom. The molecule has 0 saturated heterocycles. The van der Waals surface area contributed by atoms with Crippen LogP contribution in [0.15, 0.2) is 103 Å². The average molecular weight is 385 g/mol. The molecule has 28 heavy (non-hydrogen) atoms. The third kappa shape index (κ3) is 3.89. The maximum Gasteiger partial charge on any atom is 0.0875 e. The molecule has 138 valence electrons. The van der Waals surface area contributed by atoms with E-state index in [1.807, 2.05) is 36.8 Å². The third-order valence-corrected chi connectivity index (χ3v) is 5.24. The number of thioether (sulfide) groups is 1. The SMILES string of the molecule is CSc1cccc(N(c2cccnc2)C(c2cccnc2)c2cccnc2)c1. The van der Waals surface area contributed by atoms with Crippen molar-refractivity contribution in [3.63, 3.8) is 0 Å². The summed E-state index contributed by atoms with van der Waals surface area (Å²) in [7, 11) is 0. The van der Waals surface area contributed by atoms with Gasteiger partial charge >= 0.3 is 0 Å². The minimum atomic E-state index is -0.0799. The molecule has 0 unspecified atom stereocenters. The summed E-state index contributed by atoms with van der Waals surface area (Å²) in [6, 6.07) is 20.7. The summed E-state index contributed by atoms with van der Waals surface area (Å²) in [5.41, 5.74) is 4.29. The quantitative estimate of drug-likeness (QED) is 0.409. The highest BCUT2D eigenvalue weighted by Gasteiger charge is 2.25. The van der Waals surface area contributed by atoms with Gasteiger partial charge in [-0.3, -0.25) is 15.0 Å². The summed E-state index contributed by atoms with van der Waals surface area (Å²) in [4.78, 5) is 16.6. The van der Waals surface area contributed by atoms with Crippen LogP contribution in [-0.2, 0) is 0 Å². The molecule has 0 aliphatic heterocycles. The fraction of sp³-hybridized carbons (Fsp3) is 0.0870. The van der Waals surface area contributed by atoms with E-state index in [-0.39, 0.29) is 6.04 Å². The summed E-state index contributed by atoms with van der Waals surface area (Å²) in [6.45, 7) is 0. The first-order valence-electron chi connectivity index (χ1n) is 9.00. The summed E-state index contributed by atoms with van der Waals surface area (Å²) in [6.07, 6.45) is 13.2. The zero-order valence-corrected chi connectivity index (χ0v) is 16.3. The fourth-order valence-electron chi connectivity index (χ4n) is 3.27. The summed E-state index contributed by atoms with van der Waals surface area (Å²) >= 11 is 1.73. The van der Waals surface area contributed by atoms with E-state index < -0.39 is 0 Å². The molecule has 0 saturated carbocycles. The van der Waals surface area contributed by atoms with E-state index in [1.54, 1.807) is 30.4 Å². The molecular weight excluding hydrogens is 364 g/mol. The fourth-order valence-corrected chi connectivity index (χ4v) is 3.72. The molecule has 0 spiro atoms. The van der Waals surface area contributed by atoms with Crippen LogP contribution in [0, 0.1) is 0 Å². The van der Waals surface area contributed by atoms with Gasteiger partial charge in [0, 0.05) is 41.6 Å². The van der Waals surface area contributed by atoms with Crippen molar-refractivity contribution >= 4 is 23.1 Å². The van der Waals surface area contributed by atoms with Gasteiger partial charge in [-0.15, -0.1) is 11.8 Å². The van der Waals surface area contributed by atoms with Gasteiger partial charge in [-0.05, 0) is 59.8 Å². The Morgan fingerprint density at radius 2 is 1.32 bits per heavy atom. The van der Waals surface area contributed by atoms with Crippen LogP contribution in [0.3, 0.4) is 0 Å². The highest BCUT2D eigenvalue weighted by Crippen LogP contribution is 2.39. The number of anilines is 2. The highest BCUT2D eigenvalue weighted by atomic mass is 32.2. The lowest BCUT2D eigenvalue weighted by atomic mass is 9.98. The largest absolute Gasteiger partial charge is 0.328 e. The van der Waals surface area contributed by atoms with Crippen LogP contribution in [0.25, 0.3) is 0 Å². The van der Waals surface area contributed by atoms with Crippen LogP contribution in [0.2, 0.25) is 0 Å². The summed E-state index contributed by atoms with van der Waals surface area (Å²) in [5, 5.41) is 0. The molecule has 0 aliphatic carbocycles. The number of hydrogen-bond acceptors (Lipinski definition) is 5. The van der Waals surface area contributed by atoms with Gasteiger partial charge in [0.1, 0.15) is 0 Å². The lowest BCUT2D eigenvalue weighted by Crippen LogP contribution is -2.25. The van der Waals surface area contributed by atoms with Crippen LogP contribution < -0.4 is 4.90 Å². The van der Waals surface area contributed by atoms with Crippen molar-refractivity contribution in [2.75, 3.05) is 11.2 Å². The van der Waals surface area contributed by atoms with Crippen LogP contribution in [0.4, 0.5) is 11.4 Å². The molecule has 3 heterocycles. The van der Waals surface area contributed by atoms with Crippen molar-refractivity contribution in [2.45, 2.75) is 10.9 Å². The van der Waals surface area contributed by atoms with Gasteiger partial charge in [-0.25, -0.2) is 0 Å². The standard InChI is InChI=1S/C23H20N4S/c1-28-22-10-2-8-20(14-22)27(21-9-5-13-26-17-21)23(18-6-3-11-24-15-18)19-7-4-12-25-16-19/h2-17,23H,1H3. The second-order valence-corrected chi connectivity index (χ2v) is 7.14. The molecule has 0 amide bonds. The number of pyridine rings is 3. The second kappa shape index (κ2) is 8.67. The molecular formula is C23H20N4S. The Kier molecular flexibility index (Phi) is 5.64. The number of benzene rings is 1. The van der Waals surface area contributed by atoms with Gasteiger partial charge in [0.15, 0.2) is 0 Å². The van der Waals surface area contributed by atoms with Crippen molar-refractivity contribution in [1.82, 2.24) is 15.0 Å². The molecule has 5 heteroatoms. The van der Waals surface area contributed by atoms with Crippen LogP contribution >= 0.6 is 11.8 Å². The third-order valence-electron chi connectivity index (χ3n) is 4.51. The van der Waals surface area contributed by atoms with Crippen LogP contribution in [0.5, 0.6) is 0 Å². The van der Waals surface area contributed by atoms with Crippen molar-refractivity contribution in [2.24, 2.45) is 0 Å². The Balaban J connectivity index is 1.94. The highest BCUT2D eigenvalue weighted by molar-refractivity contribution is 7.98. The number of nitrogens with zero attached hydrogens (tertiary/aromatic N) is 4. The zero-order valence-electron chi connectivity index (χ0n) is 15.5. The van der Waals surface area contributed by atoms with E-state index in [1.165, 1.54) is 4.90 Å². The average Bonchev–Trinajstić information content (AvgIpc) is 2.79. The van der Waals surface area contributed by atoms with E-state index in [2.05, 4.69) is 68.6 Å². The van der Waals surface area contributed by atoms with Gasteiger partial charge in [0.05, 0.1) is 17.9 Å². The lowest BCUT2D eigenvalue weighted by molar-refractivity contribution is 0.805. The summed E-state index contributed by atoms with van der Waals surface area (Å²) < 4.78 is 0. The number of hydrogen-bond donors (Lipinski definition) is 0. The monoisotopic (exact) mass is 384 g/mol. The first-order chi connectivity index (χ1) is 13.9. The Labute approximate surface area is 169 Å². The van der Waals surface area contributed by atoms with Crippen molar-refractivity contribution in [3.8, 4) is 0 Å². The molecule has 0 atom stereocenters. The molecule has 4 rings (SSSR count). The molecule has 1 aromatic carbocycles. The molecule has 3 aromatic heterocycles. The van der Waals surface area contributed by atoms with Gasteiger partial charge in [0.2, 0.25) is 0 Å². The molecule has 4 aromatic rings. The first-order valence-corrected chi connectivity index (χ1v) is 10.2. The second-order valence-electron chi connectivity index (χ2n) is 6.26. The van der Waals surface area contributed by atoms with Crippen molar-refractivity contribution in [1.29, 1.82) is 0 Å². The molecule has 0 fully saturated rings. The van der Waals surface area contributed by atoms with E-state index in [0.29, 0.717) is 0 Å². The van der Waals surface area contributed by atoms with E-state index >= 15 is 0 Å².